The second-order valence-electron chi connectivity index (χ2n) is 25.9. The first-order valence-electron chi connectivity index (χ1n) is 29.4. The van der Waals surface area contributed by atoms with Crippen LogP contribution in [0.1, 0.15) is 90.1 Å². The summed E-state index contributed by atoms with van der Waals surface area (Å²) in [5, 5.41) is 28.1. The van der Waals surface area contributed by atoms with Gasteiger partial charge in [-0.3, -0.25) is 0 Å². The predicted molar refractivity (Wildman–Crippen MR) is 355 cm³/mol. The molecule has 0 amide bonds. The highest BCUT2D eigenvalue weighted by atomic mass is 15.0. The summed E-state index contributed by atoms with van der Waals surface area (Å²) in [6.07, 6.45) is 0. The van der Waals surface area contributed by atoms with Crippen LogP contribution in [0.4, 0.5) is 0 Å². The summed E-state index contributed by atoms with van der Waals surface area (Å²) in [6.45, 7) is 20.4. The van der Waals surface area contributed by atoms with Crippen LogP contribution in [0.2, 0.25) is 0 Å². The number of benzene rings is 10. The maximum atomic E-state index is 10.5. The van der Waals surface area contributed by atoms with E-state index in [0.29, 0.717) is 11.1 Å². The van der Waals surface area contributed by atoms with Gasteiger partial charge in [-0.1, -0.05) is 178 Å². The van der Waals surface area contributed by atoms with Crippen LogP contribution in [-0.2, 0) is 16.2 Å². The van der Waals surface area contributed by atoms with Gasteiger partial charge < -0.3 is 13.7 Å². The van der Waals surface area contributed by atoms with Gasteiger partial charge in [-0.25, -0.2) is 4.98 Å². The standard InChI is InChI=1S/C79H64N6/c1-77(2,3)55-30-39-72-65(43-55)61-16-10-13-19-69(61)83(72)58-33-24-49(25-34-58)68-46-64(52-22-23-53(47-80)54(42-52)48-81)75(50-26-35-59(36-27-50)84-70-20-14-11-17-62(70)66-44-56(78(4,5)6)31-40-73(66)84)76(82-68)51-28-37-60(38-29-51)85-71-21-15-12-18-63(71)67-45-57(79(7,8)9)32-41-74(67)85/h10-46H,1-9H3. The Bertz CT molecular complexity index is 5110. The second-order valence-corrected chi connectivity index (χ2v) is 25.9. The van der Waals surface area contributed by atoms with Crippen LogP contribution in [0.5, 0.6) is 0 Å². The molecule has 0 aliphatic rings. The molecule has 85 heavy (non-hydrogen) atoms. The van der Waals surface area contributed by atoms with Crippen molar-refractivity contribution in [2.24, 2.45) is 0 Å². The Labute approximate surface area is 496 Å². The molecular weight excluding hydrogens is 1030 g/mol. The summed E-state index contributed by atoms with van der Waals surface area (Å²) in [5.41, 5.74) is 21.6. The molecule has 0 N–H and O–H groups in total. The van der Waals surface area contributed by atoms with Gasteiger partial charge in [0.1, 0.15) is 12.1 Å². The molecule has 4 heterocycles. The maximum absolute atomic E-state index is 10.5. The van der Waals surface area contributed by atoms with E-state index in [4.69, 9.17) is 4.98 Å². The summed E-state index contributed by atoms with van der Waals surface area (Å²) in [4.78, 5) is 5.75. The zero-order chi connectivity index (χ0) is 58.7. The summed E-state index contributed by atoms with van der Waals surface area (Å²) < 4.78 is 7.10. The fraction of sp³-hybridized carbons (Fsp3) is 0.152. The van der Waals surface area contributed by atoms with E-state index in [1.807, 2.05) is 12.1 Å². The number of aromatic nitrogens is 4. The largest absolute Gasteiger partial charge is 0.309 e. The zero-order valence-electron chi connectivity index (χ0n) is 49.5. The smallest absolute Gasteiger partial charge is 0.101 e. The van der Waals surface area contributed by atoms with E-state index in [2.05, 4.69) is 294 Å². The fourth-order valence-electron chi connectivity index (χ4n) is 12.8. The molecule has 4 aromatic heterocycles. The van der Waals surface area contributed by atoms with Gasteiger partial charge in [-0.15, -0.1) is 0 Å². The van der Waals surface area contributed by atoms with E-state index >= 15 is 0 Å². The molecule has 0 unspecified atom stereocenters. The SMILES string of the molecule is CC(C)(C)c1ccc2c(c1)c1ccccc1n2-c1ccc(-c2cc(-c3ccc(C#N)c(C#N)c3)c(-c3ccc(-n4c5ccccc5c5cc(C(C)(C)C)ccc54)cc3)c(-c3ccc(-n4c5ccccc5c5cc(C(C)(C)C)ccc54)cc3)n2)cc1. The Morgan fingerprint density at radius 2 is 0.671 bits per heavy atom. The van der Waals surface area contributed by atoms with E-state index in [1.54, 1.807) is 6.07 Å². The second kappa shape index (κ2) is 19.7. The number of fused-ring (bicyclic) bond motifs is 9. The number of nitriles is 2. The van der Waals surface area contributed by atoms with Gasteiger partial charge in [0.05, 0.1) is 55.6 Å². The topological polar surface area (TPSA) is 75.3 Å². The number of nitrogens with zero attached hydrogens (tertiary/aromatic N) is 6. The van der Waals surface area contributed by atoms with Crippen molar-refractivity contribution < 1.29 is 0 Å². The van der Waals surface area contributed by atoms with Crippen LogP contribution in [0.25, 0.3) is 127 Å². The highest BCUT2D eigenvalue weighted by molar-refractivity contribution is 6.12. The lowest BCUT2D eigenvalue weighted by Gasteiger charge is -2.20. The molecule has 0 fully saturated rings. The molecule has 410 valence electrons. The predicted octanol–water partition coefficient (Wildman–Crippen LogP) is 20.7. The first kappa shape index (κ1) is 52.8. The van der Waals surface area contributed by atoms with Crippen molar-refractivity contribution in [3.05, 3.63) is 252 Å². The maximum Gasteiger partial charge on any atom is 0.101 e. The van der Waals surface area contributed by atoms with Crippen LogP contribution >= 0.6 is 0 Å². The Hall–Kier alpha value is -10.3. The fourth-order valence-corrected chi connectivity index (χ4v) is 12.8. The molecule has 0 aliphatic carbocycles. The quantitative estimate of drug-likeness (QED) is 0.160. The van der Waals surface area contributed by atoms with Crippen LogP contribution in [0, 0.1) is 22.7 Å². The van der Waals surface area contributed by atoms with Gasteiger partial charge >= 0.3 is 0 Å². The van der Waals surface area contributed by atoms with Gasteiger partial charge in [0.2, 0.25) is 0 Å². The molecule has 0 bridgehead atoms. The van der Waals surface area contributed by atoms with E-state index in [9.17, 15) is 10.5 Å². The van der Waals surface area contributed by atoms with Gasteiger partial charge in [0.25, 0.3) is 0 Å². The van der Waals surface area contributed by atoms with E-state index in [-0.39, 0.29) is 16.2 Å². The molecule has 14 aromatic rings. The molecule has 0 saturated carbocycles. The van der Waals surface area contributed by atoms with Gasteiger partial charge in [0, 0.05) is 66.1 Å². The third-order valence-corrected chi connectivity index (χ3v) is 17.4. The van der Waals surface area contributed by atoms with Crippen molar-refractivity contribution in [3.8, 4) is 74.0 Å². The Kier molecular flexibility index (Phi) is 12.2. The molecule has 0 radical (unpaired) electrons. The van der Waals surface area contributed by atoms with Crippen molar-refractivity contribution in [1.82, 2.24) is 18.7 Å². The number of rotatable bonds is 7. The molecule has 10 aromatic carbocycles. The monoisotopic (exact) mass is 1100 g/mol. The van der Waals surface area contributed by atoms with Crippen molar-refractivity contribution in [3.63, 3.8) is 0 Å². The summed E-state index contributed by atoms with van der Waals surface area (Å²) in [7, 11) is 0. The average molecular weight is 1100 g/mol. The van der Waals surface area contributed by atoms with E-state index in [0.717, 1.165) is 94.9 Å². The summed E-state index contributed by atoms with van der Waals surface area (Å²) >= 11 is 0. The summed E-state index contributed by atoms with van der Waals surface area (Å²) in [5.74, 6) is 0. The van der Waals surface area contributed by atoms with Crippen LogP contribution in [-0.4, -0.2) is 18.7 Å². The van der Waals surface area contributed by atoms with Crippen LogP contribution in [0.3, 0.4) is 0 Å². The summed E-state index contributed by atoms with van der Waals surface area (Å²) in [6, 6.07) is 85.5. The Balaban J connectivity index is 0.977. The number of hydrogen-bond acceptors (Lipinski definition) is 3. The molecule has 14 rings (SSSR count). The van der Waals surface area contributed by atoms with Gasteiger partial charge in [-0.2, -0.15) is 10.5 Å². The molecule has 0 saturated heterocycles. The zero-order valence-corrected chi connectivity index (χ0v) is 49.5. The van der Waals surface area contributed by atoms with E-state index < -0.39 is 0 Å². The van der Waals surface area contributed by atoms with Crippen molar-refractivity contribution in [2.45, 2.75) is 78.6 Å². The lowest BCUT2D eigenvalue weighted by molar-refractivity contribution is 0.591. The minimum absolute atomic E-state index is 0.00193. The lowest BCUT2D eigenvalue weighted by atomic mass is 9.86. The first-order chi connectivity index (χ1) is 40.9. The normalized spacial score (nSPS) is 12.3. The highest BCUT2D eigenvalue weighted by Crippen LogP contribution is 2.45. The molecule has 6 nitrogen and oxygen atoms in total. The molecule has 0 spiro atoms. The Morgan fingerprint density at radius 1 is 0.318 bits per heavy atom. The van der Waals surface area contributed by atoms with Gasteiger partial charge in [-0.05, 0) is 159 Å². The highest BCUT2D eigenvalue weighted by Gasteiger charge is 2.25. The molecular formula is C79H64N6. The third kappa shape index (κ3) is 8.88. The Morgan fingerprint density at radius 3 is 1.06 bits per heavy atom. The van der Waals surface area contributed by atoms with Crippen molar-refractivity contribution in [2.75, 3.05) is 0 Å². The van der Waals surface area contributed by atoms with Crippen molar-refractivity contribution in [1.29, 1.82) is 10.5 Å². The van der Waals surface area contributed by atoms with E-state index in [1.165, 1.54) is 49.0 Å². The van der Waals surface area contributed by atoms with Crippen LogP contribution in [0.15, 0.2) is 224 Å². The number of hydrogen-bond donors (Lipinski definition) is 0. The minimum atomic E-state index is -0.00325. The molecule has 0 aliphatic heterocycles. The van der Waals surface area contributed by atoms with Crippen molar-refractivity contribution >= 4 is 65.4 Å². The number of pyridine rings is 1. The van der Waals surface area contributed by atoms with Crippen LogP contribution < -0.4 is 0 Å². The third-order valence-electron chi connectivity index (χ3n) is 17.4. The minimum Gasteiger partial charge on any atom is -0.309 e. The molecule has 0 atom stereocenters. The lowest BCUT2D eigenvalue weighted by Crippen LogP contribution is -2.10. The number of para-hydroxylation sites is 3. The van der Waals surface area contributed by atoms with Gasteiger partial charge in [0.15, 0.2) is 0 Å². The average Bonchev–Trinajstić information content (AvgIpc) is 2.13. The first-order valence-corrected chi connectivity index (χ1v) is 29.4. The molecule has 6 heteroatoms.